The van der Waals surface area contributed by atoms with Crippen molar-refractivity contribution in [1.29, 1.82) is 0 Å². The standard InChI is InChI=1S/C17H34N2O4/c1-3-15(2)17(22)19-11-7-5-9-13-23-12-8-4-6-10-18-16(21)14-20/h15,20H,3-14H2,1-2H3,(H,18,21)(H,19,22). The van der Waals surface area contributed by atoms with E-state index in [2.05, 4.69) is 10.6 Å². The molecular formula is C17H34N2O4. The summed E-state index contributed by atoms with van der Waals surface area (Å²) in [6.45, 7) is 6.41. The van der Waals surface area contributed by atoms with E-state index in [0.717, 1.165) is 64.7 Å². The summed E-state index contributed by atoms with van der Waals surface area (Å²) >= 11 is 0. The number of ether oxygens (including phenoxy) is 1. The van der Waals surface area contributed by atoms with Crippen LogP contribution in [0.1, 0.15) is 58.8 Å². The third-order valence-corrected chi connectivity index (χ3v) is 3.76. The molecule has 136 valence electrons. The molecule has 0 heterocycles. The zero-order chi connectivity index (χ0) is 17.3. The first-order valence-corrected chi connectivity index (χ1v) is 8.84. The van der Waals surface area contributed by atoms with Crippen LogP contribution in [0, 0.1) is 5.92 Å². The van der Waals surface area contributed by atoms with Crippen molar-refractivity contribution in [3.8, 4) is 0 Å². The van der Waals surface area contributed by atoms with E-state index in [1.165, 1.54) is 0 Å². The molecule has 2 amide bonds. The van der Waals surface area contributed by atoms with Crippen molar-refractivity contribution in [1.82, 2.24) is 10.6 Å². The van der Waals surface area contributed by atoms with Crippen molar-refractivity contribution < 1.29 is 19.4 Å². The molecule has 6 heteroatoms. The molecule has 23 heavy (non-hydrogen) atoms. The van der Waals surface area contributed by atoms with Crippen molar-refractivity contribution in [2.75, 3.05) is 32.9 Å². The van der Waals surface area contributed by atoms with Gasteiger partial charge in [0.15, 0.2) is 0 Å². The van der Waals surface area contributed by atoms with E-state index in [0.29, 0.717) is 6.54 Å². The van der Waals surface area contributed by atoms with Crippen LogP contribution in [0.2, 0.25) is 0 Å². The van der Waals surface area contributed by atoms with Gasteiger partial charge in [0.05, 0.1) is 0 Å². The highest BCUT2D eigenvalue weighted by Crippen LogP contribution is 2.01. The molecule has 0 aromatic carbocycles. The Balaban J connectivity index is 3.16. The minimum atomic E-state index is -0.440. The first-order chi connectivity index (χ1) is 11.1. The lowest BCUT2D eigenvalue weighted by atomic mass is 10.1. The lowest BCUT2D eigenvalue weighted by molar-refractivity contribution is -0.125. The molecule has 0 aliphatic carbocycles. The van der Waals surface area contributed by atoms with Gasteiger partial charge in [-0.05, 0) is 44.9 Å². The molecule has 0 bridgehead atoms. The summed E-state index contributed by atoms with van der Waals surface area (Å²) in [5, 5.41) is 14.1. The number of unbranched alkanes of at least 4 members (excludes halogenated alkanes) is 4. The van der Waals surface area contributed by atoms with E-state index in [1.54, 1.807) is 0 Å². The average Bonchev–Trinajstić information content (AvgIpc) is 2.57. The van der Waals surface area contributed by atoms with Crippen molar-refractivity contribution in [2.24, 2.45) is 5.92 Å². The predicted octanol–water partition coefficient (Wildman–Crippen LogP) is 1.61. The van der Waals surface area contributed by atoms with Gasteiger partial charge in [-0.2, -0.15) is 0 Å². The second kappa shape index (κ2) is 15.7. The molecule has 6 nitrogen and oxygen atoms in total. The summed E-state index contributed by atoms with van der Waals surface area (Å²) in [5.74, 6) is -0.0594. The molecule has 0 spiro atoms. The Labute approximate surface area is 140 Å². The molecule has 0 aliphatic rings. The molecule has 0 saturated carbocycles. The lowest BCUT2D eigenvalue weighted by Crippen LogP contribution is -2.29. The van der Waals surface area contributed by atoms with Crippen molar-refractivity contribution in [3.63, 3.8) is 0 Å². The zero-order valence-electron chi connectivity index (χ0n) is 14.7. The second-order valence-electron chi connectivity index (χ2n) is 5.84. The molecule has 0 saturated heterocycles. The number of hydrogen-bond donors (Lipinski definition) is 3. The summed E-state index contributed by atoms with van der Waals surface area (Å²) in [5.41, 5.74) is 0. The van der Waals surface area contributed by atoms with E-state index in [4.69, 9.17) is 9.84 Å². The van der Waals surface area contributed by atoms with Gasteiger partial charge in [-0.25, -0.2) is 0 Å². The Hall–Kier alpha value is -1.14. The van der Waals surface area contributed by atoms with Crippen LogP contribution >= 0.6 is 0 Å². The SMILES string of the molecule is CCC(C)C(=O)NCCCCCOCCCCCNC(=O)CO. The number of aliphatic hydroxyl groups is 1. The molecular weight excluding hydrogens is 296 g/mol. The van der Waals surface area contributed by atoms with Crippen LogP contribution in [-0.2, 0) is 14.3 Å². The predicted molar refractivity (Wildman–Crippen MR) is 91.1 cm³/mol. The fourth-order valence-electron chi connectivity index (χ4n) is 1.97. The topological polar surface area (TPSA) is 87.7 Å². The number of rotatable bonds is 15. The number of nitrogens with one attached hydrogen (secondary N) is 2. The highest BCUT2D eigenvalue weighted by molar-refractivity contribution is 5.78. The Bertz CT molecular complexity index is 311. The van der Waals surface area contributed by atoms with Gasteiger partial charge < -0.3 is 20.5 Å². The van der Waals surface area contributed by atoms with Gasteiger partial charge in [-0.15, -0.1) is 0 Å². The van der Waals surface area contributed by atoms with Crippen LogP contribution in [0.3, 0.4) is 0 Å². The van der Waals surface area contributed by atoms with Crippen molar-refractivity contribution in [3.05, 3.63) is 0 Å². The maximum Gasteiger partial charge on any atom is 0.245 e. The number of amides is 2. The molecule has 0 aliphatic heterocycles. The maximum atomic E-state index is 11.5. The minimum absolute atomic E-state index is 0.107. The van der Waals surface area contributed by atoms with Crippen LogP contribution in [0.25, 0.3) is 0 Å². The first-order valence-electron chi connectivity index (χ1n) is 8.84. The second-order valence-corrected chi connectivity index (χ2v) is 5.84. The quantitative estimate of drug-likeness (QED) is 0.398. The van der Waals surface area contributed by atoms with Gasteiger partial charge in [0.1, 0.15) is 6.61 Å². The summed E-state index contributed by atoms with van der Waals surface area (Å²) in [6.07, 6.45) is 6.86. The molecule has 3 N–H and O–H groups in total. The van der Waals surface area contributed by atoms with Gasteiger partial charge >= 0.3 is 0 Å². The fraction of sp³-hybridized carbons (Fsp3) is 0.882. The molecule has 1 unspecified atom stereocenters. The largest absolute Gasteiger partial charge is 0.387 e. The Morgan fingerprint density at radius 2 is 1.52 bits per heavy atom. The van der Waals surface area contributed by atoms with E-state index in [-0.39, 0.29) is 17.7 Å². The molecule has 0 fully saturated rings. The van der Waals surface area contributed by atoms with Gasteiger partial charge in [0.25, 0.3) is 0 Å². The Morgan fingerprint density at radius 3 is 2.04 bits per heavy atom. The molecule has 0 aromatic heterocycles. The van der Waals surface area contributed by atoms with Gasteiger partial charge in [-0.1, -0.05) is 13.8 Å². The maximum absolute atomic E-state index is 11.5. The molecule has 0 radical (unpaired) electrons. The average molecular weight is 330 g/mol. The van der Waals surface area contributed by atoms with Crippen LogP contribution < -0.4 is 10.6 Å². The number of carbonyl (C=O) groups excluding carboxylic acids is 2. The fourth-order valence-corrected chi connectivity index (χ4v) is 1.97. The number of carbonyl (C=O) groups is 2. The lowest BCUT2D eigenvalue weighted by Gasteiger charge is -2.09. The van der Waals surface area contributed by atoms with Crippen molar-refractivity contribution >= 4 is 11.8 Å². The van der Waals surface area contributed by atoms with Crippen LogP contribution in [0.15, 0.2) is 0 Å². The number of hydrogen-bond acceptors (Lipinski definition) is 4. The Kier molecular flexibility index (Phi) is 15.0. The van der Waals surface area contributed by atoms with E-state index >= 15 is 0 Å². The van der Waals surface area contributed by atoms with Crippen LogP contribution in [-0.4, -0.2) is 49.8 Å². The monoisotopic (exact) mass is 330 g/mol. The third-order valence-electron chi connectivity index (χ3n) is 3.76. The summed E-state index contributed by atoms with van der Waals surface area (Å²) in [7, 11) is 0. The van der Waals surface area contributed by atoms with Crippen LogP contribution in [0.4, 0.5) is 0 Å². The zero-order valence-corrected chi connectivity index (χ0v) is 14.7. The third kappa shape index (κ3) is 14.2. The van der Waals surface area contributed by atoms with Gasteiger partial charge in [0, 0.05) is 32.2 Å². The highest BCUT2D eigenvalue weighted by Gasteiger charge is 2.08. The number of aliphatic hydroxyl groups excluding tert-OH is 1. The summed E-state index contributed by atoms with van der Waals surface area (Å²) in [4.78, 5) is 22.3. The smallest absolute Gasteiger partial charge is 0.245 e. The highest BCUT2D eigenvalue weighted by atomic mass is 16.5. The normalized spacial score (nSPS) is 12.0. The molecule has 0 rings (SSSR count). The minimum Gasteiger partial charge on any atom is -0.387 e. The molecule has 0 aromatic rings. The summed E-state index contributed by atoms with van der Waals surface area (Å²) in [6, 6.07) is 0. The van der Waals surface area contributed by atoms with Gasteiger partial charge in [0.2, 0.25) is 11.8 Å². The first kappa shape index (κ1) is 21.9. The summed E-state index contributed by atoms with van der Waals surface area (Å²) < 4.78 is 5.55. The van der Waals surface area contributed by atoms with Crippen molar-refractivity contribution in [2.45, 2.75) is 58.8 Å². The van der Waals surface area contributed by atoms with E-state index in [9.17, 15) is 9.59 Å². The molecule has 1 atom stereocenters. The van der Waals surface area contributed by atoms with Crippen LogP contribution in [0.5, 0.6) is 0 Å². The van der Waals surface area contributed by atoms with E-state index < -0.39 is 6.61 Å². The van der Waals surface area contributed by atoms with Gasteiger partial charge in [-0.3, -0.25) is 9.59 Å². The Morgan fingerprint density at radius 1 is 0.957 bits per heavy atom. The van der Waals surface area contributed by atoms with E-state index in [1.807, 2.05) is 13.8 Å².